The van der Waals surface area contributed by atoms with E-state index in [4.69, 9.17) is 5.73 Å². The molecule has 5 nitrogen and oxygen atoms in total. The van der Waals surface area contributed by atoms with Crippen LogP contribution in [0.15, 0.2) is 0 Å². The monoisotopic (exact) mass is 229 g/mol. The smallest absolute Gasteiger partial charge is 0.241 e. The number of rotatable bonds is 6. The van der Waals surface area contributed by atoms with Gasteiger partial charge >= 0.3 is 0 Å². The zero-order chi connectivity index (χ0) is 12.8. The fourth-order valence-corrected chi connectivity index (χ4v) is 1.30. The molecule has 0 aromatic rings. The standard InChI is InChI=1S/C11H23N3O2/c1-5-7-11(3,12)10(16)13-8-9(15)14(4)6-2/h5-8,12H2,1-4H3,(H,13,16). The van der Waals surface area contributed by atoms with E-state index in [2.05, 4.69) is 5.32 Å². The minimum atomic E-state index is -0.889. The van der Waals surface area contributed by atoms with E-state index in [1.54, 1.807) is 18.9 Å². The van der Waals surface area contributed by atoms with Crippen molar-refractivity contribution in [3.05, 3.63) is 0 Å². The molecule has 1 atom stereocenters. The quantitative estimate of drug-likeness (QED) is 0.678. The first-order valence-corrected chi connectivity index (χ1v) is 5.66. The van der Waals surface area contributed by atoms with Gasteiger partial charge in [-0.15, -0.1) is 0 Å². The van der Waals surface area contributed by atoms with Crippen molar-refractivity contribution in [2.45, 2.75) is 39.2 Å². The molecule has 0 aromatic heterocycles. The van der Waals surface area contributed by atoms with Gasteiger partial charge in [0.1, 0.15) is 0 Å². The van der Waals surface area contributed by atoms with Crippen LogP contribution in [0.2, 0.25) is 0 Å². The van der Waals surface area contributed by atoms with Crippen LogP contribution in [-0.4, -0.2) is 42.4 Å². The Morgan fingerprint density at radius 3 is 2.38 bits per heavy atom. The van der Waals surface area contributed by atoms with E-state index >= 15 is 0 Å². The van der Waals surface area contributed by atoms with Crippen LogP contribution in [0.25, 0.3) is 0 Å². The highest BCUT2D eigenvalue weighted by atomic mass is 16.2. The highest BCUT2D eigenvalue weighted by Gasteiger charge is 2.27. The summed E-state index contributed by atoms with van der Waals surface area (Å²) < 4.78 is 0. The van der Waals surface area contributed by atoms with Gasteiger partial charge < -0.3 is 16.0 Å². The summed E-state index contributed by atoms with van der Waals surface area (Å²) in [7, 11) is 1.70. The van der Waals surface area contributed by atoms with Gasteiger partial charge in [0.15, 0.2) is 0 Å². The molecule has 5 heteroatoms. The Kier molecular flexibility index (Phi) is 6.03. The molecule has 0 heterocycles. The van der Waals surface area contributed by atoms with Gasteiger partial charge in [-0.3, -0.25) is 9.59 Å². The van der Waals surface area contributed by atoms with Gasteiger partial charge in [0, 0.05) is 13.6 Å². The first kappa shape index (κ1) is 14.9. The second-order valence-corrected chi connectivity index (χ2v) is 4.26. The number of likely N-dealkylation sites (N-methyl/N-ethyl adjacent to an activating group) is 1. The van der Waals surface area contributed by atoms with Crippen molar-refractivity contribution in [2.75, 3.05) is 20.1 Å². The van der Waals surface area contributed by atoms with Crippen molar-refractivity contribution in [3.63, 3.8) is 0 Å². The molecule has 0 aromatic carbocycles. The molecule has 0 fully saturated rings. The van der Waals surface area contributed by atoms with Gasteiger partial charge in [-0.2, -0.15) is 0 Å². The van der Waals surface area contributed by atoms with Gasteiger partial charge in [-0.05, 0) is 20.3 Å². The van der Waals surface area contributed by atoms with Crippen molar-refractivity contribution in [1.82, 2.24) is 10.2 Å². The topological polar surface area (TPSA) is 75.4 Å². The van der Waals surface area contributed by atoms with E-state index in [-0.39, 0.29) is 18.4 Å². The van der Waals surface area contributed by atoms with E-state index in [9.17, 15) is 9.59 Å². The molecule has 0 aliphatic carbocycles. The number of carbonyl (C=O) groups excluding carboxylic acids is 2. The van der Waals surface area contributed by atoms with E-state index in [0.29, 0.717) is 13.0 Å². The molecule has 0 bridgehead atoms. The van der Waals surface area contributed by atoms with Crippen LogP contribution in [0, 0.1) is 0 Å². The second-order valence-electron chi connectivity index (χ2n) is 4.26. The number of nitrogens with zero attached hydrogens (tertiary/aromatic N) is 1. The summed E-state index contributed by atoms with van der Waals surface area (Å²) in [6.45, 7) is 6.17. The summed E-state index contributed by atoms with van der Waals surface area (Å²) in [6, 6.07) is 0. The van der Waals surface area contributed by atoms with E-state index < -0.39 is 5.54 Å². The zero-order valence-electron chi connectivity index (χ0n) is 10.7. The molecule has 94 valence electrons. The Morgan fingerprint density at radius 1 is 1.38 bits per heavy atom. The Hall–Kier alpha value is -1.10. The molecule has 0 rings (SSSR count). The lowest BCUT2D eigenvalue weighted by Crippen LogP contribution is -2.53. The molecule has 16 heavy (non-hydrogen) atoms. The lowest BCUT2D eigenvalue weighted by Gasteiger charge is -2.23. The molecular formula is C11H23N3O2. The zero-order valence-corrected chi connectivity index (χ0v) is 10.7. The van der Waals surface area contributed by atoms with E-state index in [1.165, 1.54) is 0 Å². The molecule has 3 N–H and O–H groups in total. The third-order valence-corrected chi connectivity index (χ3v) is 2.59. The van der Waals surface area contributed by atoms with Crippen LogP contribution in [0.1, 0.15) is 33.6 Å². The van der Waals surface area contributed by atoms with Crippen LogP contribution in [0.3, 0.4) is 0 Å². The summed E-state index contributed by atoms with van der Waals surface area (Å²) in [6.07, 6.45) is 1.44. The van der Waals surface area contributed by atoms with Crippen molar-refractivity contribution in [2.24, 2.45) is 5.73 Å². The lowest BCUT2D eigenvalue weighted by molar-refractivity contribution is -0.133. The number of carbonyl (C=O) groups is 2. The number of nitrogens with two attached hydrogens (primary N) is 1. The lowest BCUT2D eigenvalue weighted by atomic mass is 9.96. The average Bonchev–Trinajstić information content (AvgIpc) is 2.23. The molecule has 2 amide bonds. The summed E-state index contributed by atoms with van der Waals surface area (Å²) >= 11 is 0. The van der Waals surface area contributed by atoms with Gasteiger partial charge in [0.25, 0.3) is 0 Å². The van der Waals surface area contributed by atoms with Crippen LogP contribution in [-0.2, 0) is 9.59 Å². The molecule has 0 spiro atoms. The van der Waals surface area contributed by atoms with Crippen LogP contribution >= 0.6 is 0 Å². The number of amides is 2. The molecule has 1 unspecified atom stereocenters. The highest BCUT2D eigenvalue weighted by Crippen LogP contribution is 2.07. The predicted octanol–water partition coefficient (Wildman–Crippen LogP) is 0.0984. The summed E-state index contributed by atoms with van der Waals surface area (Å²) in [5, 5.41) is 2.57. The van der Waals surface area contributed by atoms with E-state index in [0.717, 1.165) is 6.42 Å². The largest absolute Gasteiger partial charge is 0.345 e. The van der Waals surface area contributed by atoms with Crippen molar-refractivity contribution in [1.29, 1.82) is 0 Å². The number of hydrogen-bond donors (Lipinski definition) is 2. The van der Waals surface area contributed by atoms with Crippen LogP contribution < -0.4 is 11.1 Å². The van der Waals surface area contributed by atoms with Gasteiger partial charge in [-0.25, -0.2) is 0 Å². The first-order valence-electron chi connectivity index (χ1n) is 5.66. The second kappa shape index (κ2) is 6.48. The highest BCUT2D eigenvalue weighted by molar-refractivity contribution is 5.89. The fraction of sp³-hybridized carbons (Fsp3) is 0.818. The minimum Gasteiger partial charge on any atom is -0.345 e. The van der Waals surface area contributed by atoms with Gasteiger partial charge in [-0.1, -0.05) is 13.3 Å². The predicted molar refractivity (Wildman–Crippen MR) is 63.8 cm³/mol. The fourth-order valence-electron chi connectivity index (χ4n) is 1.30. The molecule has 0 radical (unpaired) electrons. The SMILES string of the molecule is CCCC(C)(N)C(=O)NCC(=O)N(C)CC. The number of hydrogen-bond acceptors (Lipinski definition) is 3. The number of nitrogens with one attached hydrogen (secondary N) is 1. The molecule has 0 aliphatic rings. The molecular weight excluding hydrogens is 206 g/mol. The molecule has 0 saturated heterocycles. The Balaban J connectivity index is 4.12. The maximum Gasteiger partial charge on any atom is 0.241 e. The maximum absolute atomic E-state index is 11.7. The van der Waals surface area contributed by atoms with Gasteiger partial charge in [0.2, 0.25) is 11.8 Å². The van der Waals surface area contributed by atoms with Gasteiger partial charge in [0.05, 0.1) is 12.1 Å². The molecule has 0 aliphatic heterocycles. The Bertz CT molecular complexity index is 252. The van der Waals surface area contributed by atoms with Crippen molar-refractivity contribution in [3.8, 4) is 0 Å². The summed E-state index contributed by atoms with van der Waals surface area (Å²) in [5.41, 5.74) is 4.94. The van der Waals surface area contributed by atoms with Crippen molar-refractivity contribution < 1.29 is 9.59 Å². The minimum absolute atomic E-state index is 0.0136. The summed E-state index contributed by atoms with van der Waals surface area (Å²) in [4.78, 5) is 24.6. The average molecular weight is 229 g/mol. The normalized spacial score (nSPS) is 14.1. The third-order valence-electron chi connectivity index (χ3n) is 2.59. The van der Waals surface area contributed by atoms with Crippen LogP contribution in [0.5, 0.6) is 0 Å². The Labute approximate surface area is 97.4 Å². The molecule has 0 saturated carbocycles. The van der Waals surface area contributed by atoms with Crippen LogP contribution in [0.4, 0.5) is 0 Å². The third kappa shape index (κ3) is 4.61. The van der Waals surface area contributed by atoms with E-state index in [1.807, 2.05) is 13.8 Å². The first-order chi connectivity index (χ1) is 7.35. The summed E-state index contributed by atoms with van der Waals surface area (Å²) in [5.74, 6) is -0.379. The Morgan fingerprint density at radius 2 is 1.94 bits per heavy atom. The maximum atomic E-state index is 11.7. The van der Waals surface area contributed by atoms with Crippen molar-refractivity contribution >= 4 is 11.8 Å².